The molecule has 1 aromatic carbocycles. The van der Waals surface area contributed by atoms with Crippen LogP contribution in [0.2, 0.25) is 0 Å². The van der Waals surface area contributed by atoms with Crippen LogP contribution in [-0.4, -0.2) is 64.9 Å². The predicted molar refractivity (Wildman–Crippen MR) is 176 cm³/mol. The maximum absolute atomic E-state index is 13.8. The van der Waals surface area contributed by atoms with Crippen molar-refractivity contribution in [3.8, 4) is 0 Å². The number of carbonyl (C=O) groups is 5. The van der Waals surface area contributed by atoms with Crippen molar-refractivity contribution in [3.63, 3.8) is 0 Å². The number of benzene rings is 1. The molecular formula is C32H47N7O5S. The first-order valence-corrected chi connectivity index (χ1v) is 16.6. The van der Waals surface area contributed by atoms with Gasteiger partial charge in [0, 0.05) is 25.3 Å². The fourth-order valence-corrected chi connectivity index (χ4v) is 6.17. The van der Waals surface area contributed by atoms with Crippen LogP contribution in [0.1, 0.15) is 94.8 Å². The Morgan fingerprint density at radius 2 is 1.80 bits per heavy atom. The van der Waals surface area contributed by atoms with E-state index in [1.165, 1.54) is 11.3 Å². The molecule has 0 aliphatic carbocycles. The average molecular weight is 642 g/mol. The van der Waals surface area contributed by atoms with Gasteiger partial charge in [-0.3, -0.25) is 29.0 Å². The molecule has 45 heavy (non-hydrogen) atoms. The zero-order valence-electron chi connectivity index (χ0n) is 26.5. The minimum absolute atomic E-state index is 0.0645. The quantitative estimate of drug-likeness (QED) is 0.113. The second-order valence-corrected chi connectivity index (χ2v) is 13.2. The predicted octanol–water partition coefficient (Wildman–Crippen LogP) is 2.98. The molecule has 0 radical (unpaired) electrons. The van der Waals surface area contributed by atoms with Crippen LogP contribution >= 0.6 is 11.3 Å². The number of guanidine groups is 1. The van der Waals surface area contributed by atoms with Crippen LogP contribution in [0.3, 0.4) is 0 Å². The van der Waals surface area contributed by atoms with Gasteiger partial charge in [-0.05, 0) is 56.6 Å². The lowest BCUT2D eigenvalue weighted by Gasteiger charge is -2.26. The maximum Gasteiger partial charge on any atom is 0.243 e. The van der Waals surface area contributed by atoms with Gasteiger partial charge in [0.2, 0.25) is 23.5 Å². The number of aromatic nitrogens is 1. The minimum atomic E-state index is -0.953. The summed E-state index contributed by atoms with van der Waals surface area (Å²) in [6.07, 6.45) is 4.43. The van der Waals surface area contributed by atoms with Gasteiger partial charge in [0.15, 0.2) is 11.0 Å². The third kappa shape index (κ3) is 11.5. The van der Waals surface area contributed by atoms with Gasteiger partial charge >= 0.3 is 0 Å². The van der Waals surface area contributed by atoms with E-state index in [4.69, 9.17) is 11.5 Å². The highest BCUT2D eigenvalue weighted by atomic mass is 32.1. The Morgan fingerprint density at radius 3 is 2.51 bits per heavy atom. The molecule has 1 aromatic heterocycles. The maximum atomic E-state index is 13.8. The molecule has 0 unspecified atom stereocenters. The SMILES string of the molecule is CC(C)C[C@@H]1NC(=O)[C@@H](C)CCC(=O)CCCCC[C@@H](C(=O)N[C@@H](CCCN=C(N)N)C(=O)c2nc3ccccc3s2)NC1=O. The third-order valence-electron chi connectivity index (χ3n) is 7.81. The van der Waals surface area contributed by atoms with Crippen molar-refractivity contribution in [3.05, 3.63) is 29.3 Å². The van der Waals surface area contributed by atoms with Crippen molar-refractivity contribution in [2.24, 2.45) is 28.3 Å². The van der Waals surface area contributed by atoms with E-state index >= 15 is 0 Å². The van der Waals surface area contributed by atoms with Crippen LogP contribution in [0.25, 0.3) is 10.2 Å². The summed E-state index contributed by atoms with van der Waals surface area (Å²) >= 11 is 1.25. The molecule has 7 N–H and O–H groups in total. The molecule has 2 heterocycles. The monoisotopic (exact) mass is 641 g/mol. The first-order valence-electron chi connectivity index (χ1n) is 15.8. The summed E-state index contributed by atoms with van der Waals surface area (Å²) in [5, 5.41) is 8.85. The smallest absolute Gasteiger partial charge is 0.243 e. The molecule has 3 rings (SSSR count). The second kappa shape index (κ2) is 17.6. The molecule has 12 nitrogen and oxygen atoms in total. The van der Waals surface area contributed by atoms with Crippen molar-refractivity contribution in [1.29, 1.82) is 0 Å². The van der Waals surface area contributed by atoms with Crippen molar-refractivity contribution in [2.75, 3.05) is 6.54 Å². The topological polar surface area (TPSA) is 199 Å². The fourth-order valence-electron chi connectivity index (χ4n) is 5.21. The summed E-state index contributed by atoms with van der Waals surface area (Å²) in [7, 11) is 0. The van der Waals surface area contributed by atoms with E-state index in [2.05, 4.69) is 25.9 Å². The van der Waals surface area contributed by atoms with E-state index in [1.807, 2.05) is 38.1 Å². The largest absolute Gasteiger partial charge is 0.370 e. The Balaban J connectivity index is 1.84. The second-order valence-electron chi connectivity index (χ2n) is 12.2. The summed E-state index contributed by atoms with van der Waals surface area (Å²) in [6.45, 7) is 5.91. The standard InChI is InChI=1S/C32H47N7O5S/c1-19(2)18-25-30(44)37-24(12-6-4-5-10-21(40)16-15-20(3)28(42)38-25)29(43)36-23(13-9-17-35-32(33)34)27(41)31-39-22-11-7-8-14-26(22)45-31/h7-8,11,14,19-20,23-25H,4-6,9-10,12-13,15-18H2,1-3H3,(H,36,43)(H,37,44)(H,38,42)(H4,33,34,35)/t20-,23-,24-,25-/m0/s1. The summed E-state index contributed by atoms with van der Waals surface area (Å²) in [5.74, 6) is -1.92. The lowest BCUT2D eigenvalue weighted by Crippen LogP contribution is -2.56. The molecule has 0 spiro atoms. The van der Waals surface area contributed by atoms with Crippen LogP contribution < -0.4 is 27.4 Å². The van der Waals surface area contributed by atoms with Crippen LogP contribution in [0, 0.1) is 11.8 Å². The molecule has 246 valence electrons. The lowest BCUT2D eigenvalue weighted by molar-refractivity contribution is -0.133. The lowest BCUT2D eigenvalue weighted by atomic mass is 9.98. The molecule has 1 aliphatic heterocycles. The zero-order valence-corrected chi connectivity index (χ0v) is 27.3. The van der Waals surface area contributed by atoms with Crippen LogP contribution in [-0.2, 0) is 19.2 Å². The highest BCUT2D eigenvalue weighted by Crippen LogP contribution is 2.23. The Morgan fingerprint density at radius 1 is 1.04 bits per heavy atom. The summed E-state index contributed by atoms with van der Waals surface area (Å²) in [5.41, 5.74) is 11.6. The summed E-state index contributed by atoms with van der Waals surface area (Å²) in [4.78, 5) is 74.8. The first-order chi connectivity index (χ1) is 21.4. The van der Waals surface area contributed by atoms with E-state index in [9.17, 15) is 24.0 Å². The Kier molecular flexibility index (Phi) is 13.9. The average Bonchev–Trinajstić information content (AvgIpc) is 3.43. The number of aliphatic imine (C=N–C) groups is 1. The molecule has 1 aliphatic rings. The van der Waals surface area contributed by atoms with E-state index in [1.54, 1.807) is 6.92 Å². The number of ketones is 2. The molecule has 1 fully saturated rings. The van der Waals surface area contributed by atoms with Crippen molar-refractivity contribution >= 4 is 56.8 Å². The number of carbonyl (C=O) groups excluding carboxylic acids is 5. The van der Waals surface area contributed by atoms with Crippen LogP contribution in [0.5, 0.6) is 0 Å². The molecule has 13 heteroatoms. The third-order valence-corrected chi connectivity index (χ3v) is 8.86. The van der Waals surface area contributed by atoms with E-state index < -0.39 is 35.9 Å². The number of para-hydroxylation sites is 1. The Bertz CT molecular complexity index is 1340. The highest BCUT2D eigenvalue weighted by Gasteiger charge is 2.32. The van der Waals surface area contributed by atoms with Gasteiger partial charge in [-0.25, -0.2) is 4.98 Å². The number of thiazole rings is 1. The Hall–Kier alpha value is -3.87. The summed E-state index contributed by atoms with van der Waals surface area (Å²) in [6, 6.07) is 4.68. The molecular weight excluding hydrogens is 594 g/mol. The highest BCUT2D eigenvalue weighted by molar-refractivity contribution is 7.20. The van der Waals surface area contributed by atoms with Crippen LogP contribution in [0.15, 0.2) is 29.3 Å². The molecule has 3 amide bonds. The van der Waals surface area contributed by atoms with E-state index in [0.717, 1.165) is 4.70 Å². The normalized spacial score (nSPS) is 21.2. The van der Waals surface area contributed by atoms with Crippen molar-refractivity contribution < 1.29 is 24.0 Å². The number of hydrogen-bond donors (Lipinski definition) is 5. The van der Waals surface area contributed by atoms with Crippen molar-refractivity contribution in [2.45, 2.75) is 103 Å². The minimum Gasteiger partial charge on any atom is -0.370 e. The van der Waals surface area contributed by atoms with Gasteiger partial charge in [-0.1, -0.05) is 45.7 Å². The molecule has 2 aromatic rings. The van der Waals surface area contributed by atoms with Gasteiger partial charge in [0.05, 0.1) is 16.3 Å². The van der Waals surface area contributed by atoms with Gasteiger partial charge in [0.1, 0.15) is 17.9 Å². The van der Waals surface area contributed by atoms with Gasteiger partial charge < -0.3 is 27.4 Å². The molecule has 0 saturated carbocycles. The van der Waals surface area contributed by atoms with Crippen molar-refractivity contribution in [1.82, 2.24) is 20.9 Å². The number of amides is 3. The number of rotatable bonds is 10. The van der Waals surface area contributed by atoms with Crippen LogP contribution in [0.4, 0.5) is 0 Å². The van der Waals surface area contributed by atoms with E-state index in [0.29, 0.717) is 63.3 Å². The summed E-state index contributed by atoms with van der Waals surface area (Å²) < 4.78 is 0.853. The number of nitrogens with one attached hydrogen (secondary N) is 3. The number of nitrogens with two attached hydrogens (primary N) is 2. The number of hydrogen-bond acceptors (Lipinski definition) is 8. The van der Waals surface area contributed by atoms with Gasteiger partial charge in [0.25, 0.3) is 0 Å². The van der Waals surface area contributed by atoms with Gasteiger partial charge in [-0.15, -0.1) is 11.3 Å². The fraction of sp³-hybridized carbons (Fsp3) is 0.594. The number of fused-ring (bicyclic) bond motifs is 1. The molecule has 1 saturated heterocycles. The number of Topliss-reactive ketones (excluding diaryl/α,β-unsaturated/α-hetero) is 2. The number of nitrogens with zero attached hydrogens (tertiary/aromatic N) is 2. The molecule has 0 bridgehead atoms. The van der Waals surface area contributed by atoms with Gasteiger partial charge in [-0.2, -0.15) is 0 Å². The zero-order chi connectivity index (χ0) is 32.9. The van der Waals surface area contributed by atoms with E-state index in [-0.39, 0.29) is 47.3 Å². The Labute approximate surface area is 268 Å². The molecule has 4 atom stereocenters. The first kappa shape index (κ1) is 35.6.